The number of thiazole rings is 1. The monoisotopic (exact) mass is 489 g/mol. The van der Waals surface area contributed by atoms with Crippen LogP contribution in [0.3, 0.4) is 0 Å². The SMILES string of the molecule is CC1=C/C[C@@H](/C(C)=C\c2csc(C)n2)OC(=O)C[C@H](O)C(C)(C)C(=O)[C@H](C)[C@@H](O)[C@@H](C)C\C=C\1. The Labute approximate surface area is 207 Å². The number of rotatable bonds is 2. The van der Waals surface area contributed by atoms with Crippen LogP contribution < -0.4 is 0 Å². The van der Waals surface area contributed by atoms with Gasteiger partial charge in [0.05, 0.1) is 34.7 Å². The van der Waals surface area contributed by atoms with Gasteiger partial charge in [0.2, 0.25) is 0 Å². The first kappa shape index (κ1) is 28.1. The van der Waals surface area contributed by atoms with Crippen LogP contribution in [0, 0.1) is 24.2 Å². The van der Waals surface area contributed by atoms with Crippen LogP contribution in [-0.4, -0.2) is 45.3 Å². The minimum absolute atomic E-state index is 0.131. The molecule has 0 saturated carbocycles. The van der Waals surface area contributed by atoms with Gasteiger partial charge in [0, 0.05) is 17.7 Å². The maximum Gasteiger partial charge on any atom is 0.309 e. The number of carbonyl (C=O) groups is 2. The van der Waals surface area contributed by atoms with Crippen molar-refractivity contribution in [2.75, 3.05) is 0 Å². The Morgan fingerprint density at radius 2 is 1.88 bits per heavy atom. The Morgan fingerprint density at radius 1 is 1.21 bits per heavy atom. The predicted octanol–water partition coefficient (Wildman–Crippen LogP) is 5.04. The summed E-state index contributed by atoms with van der Waals surface area (Å²) in [6, 6.07) is 0. The first-order chi connectivity index (χ1) is 15.8. The van der Waals surface area contributed by atoms with Crippen LogP contribution in [0.2, 0.25) is 0 Å². The molecule has 6 nitrogen and oxygen atoms in total. The predicted molar refractivity (Wildman–Crippen MR) is 136 cm³/mol. The Bertz CT molecular complexity index is 958. The van der Waals surface area contributed by atoms with Crippen LogP contribution in [0.25, 0.3) is 6.08 Å². The second-order valence-corrected chi connectivity index (χ2v) is 11.1. The molecule has 5 atom stereocenters. The molecule has 0 fully saturated rings. The second-order valence-electron chi connectivity index (χ2n) is 10.0. The number of allylic oxidation sites excluding steroid dienone is 3. The van der Waals surface area contributed by atoms with Crippen molar-refractivity contribution in [3.05, 3.63) is 45.5 Å². The lowest BCUT2D eigenvalue weighted by Gasteiger charge is -2.34. The second kappa shape index (κ2) is 12.0. The summed E-state index contributed by atoms with van der Waals surface area (Å²) >= 11 is 1.55. The topological polar surface area (TPSA) is 96.7 Å². The van der Waals surface area contributed by atoms with Crippen molar-refractivity contribution in [2.24, 2.45) is 17.3 Å². The van der Waals surface area contributed by atoms with E-state index in [0.29, 0.717) is 12.8 Å². The van der Waals surface area contributed by atoms with E-state index in [-0.39, 0.29) is 18.1 Å². The van der Waals surface area contributed by atoms with Crippen molar-refractivity contribution in [3.63, 3.8) is 0 Å². The third-order valence-corrected chi connectivity index (χ3v) is 7.47. The van der Waals surface area contributed by atoms with Gasteiger partial charge < -0.3 is 14.9 Å². The van der Waals surface area contributed by atoms with Gasteiger partial charge in [-0.1, -0.05) is 51.5 Å². The molecule has 0 radical (unpaired) electrons. The standard InChI is InChI=1S/C27H39NO5S/c1-16-9-8-10-17(2)25(31)19(4)26(32)27(6,7)23(29)14-24(30)33-22(12-11-16)18(3)13-21-15-34-20(5)28-21/h8-9,11,13,15,17,19,22-23,25,29,31H,10,12,14H2,1-7H3/b9-8+,16-11-,18-13-/t17-,19+,22-,23-,25-/m0/s1. The normalized spacial score (nSPS) is 32.6. The molecule has 34 heavy (non-hydrogen) atoms. The molecule has 0 spiro atoms. The van der Waals surface area contributed by atoms with Gasteiger partial charge in [0.15, 0.2) is 0 Å². The van der Waals surface area contributed by atoms with E-state index in [1.807, 2.05) is 57.4 Å². The minimum atomic E-state index is -1.23. The van der Waals surface area contributed by atoms with E-state index in [1.54, 1.807) is 32.1 Å². The van der Waals surface area contributed by atoms with E-state index >= 15 is 0 Å². The van der Waals surface area contributed by atoms with Crippen molar-refractivity contribution in [2.45, 2.75) is 86.0 Å². The number of Topliss-reactive ketones (excluding diaryl/α,β-unsaturated/α-hetero) is 1. The number of hydrogen-bond donors (Lipinski definition) is 2. The zero-order valence-electron chi connectivity index (χ0n) is 21.4. The quantitative estimate of drug-likeness (QED) is 0.565. The largest absolute Gasteiger partial charge is 0.457 e. The maximum atomic E-state index is 13.1. The summed E-state index contributed by atoms with van der Waals surface area (Å²) in [7, 11) is 0. The molecule has 1 aliphatic rings. The molecule has 188 valence electrons. The van der Waals surface area contributed by atoms with E-state index in [0.717, 1.165) is 21.8 Å². The summed E-state index contributed by atoms with van der Waals surface area (Å²) in [6.07, 6.45) is 6.09. The highest BCUT2D eigenvalue weighted by Gasteiger charge is 2.42. The lowest BCUT2D eigenvalue weighted by atomic mass is 9.73. The van der Waals surface area contributed by atoms with Gasteiger partial charge in [-0.25, -0.2) is 4.98 Å². The number of aliphatic hydroxyl groups excluding tert-OH is 2. The van der Waals surface area contributed by atoms with Crippen LogP contribution in [0.5, 0.6) is 0 Å². The Morgan fingerprint density at radius 3 is 2.50 bits per heavy atom. The van der Waals surface area contributed by atoms with Crippen LogP contribution in [0.4, 0.5) is 0 Å². The van der Waals surface area contributed by atoms with Crippen LogP contribution in [0.1, 0.15) is 71.5 Å². The van der Waals surface area contributed by atoms with Gasteiger partial charge in [-0.05, 0) is 44.8 Å². The summed E-state index contributed by atoms with van der Waals surface area (Å²) < 4.78 is 5.78. The van der Waals surface area contributed by atoms with E-state index in [1.165, 1.54) is 0 Å². The molecule has 0 aliphatic carbocycles. The van der Waals surface area contributed by atoms with Crippen molar-refractivity contribution in [1.29, 1.82) is 0 Å². The number of cyclic esters (lactones) is 1. The third-order valence-electron chi connectivity index (χ3n) is 6.67. The lowest BCUT2D eigenvalue weighted by Crippen LogP contribution is -2.45. The van der Waals surface area contributed by atoms with Crippen molar-refractivity contribution in [3.8, 4) is 0 Å². The molecule has 0 amide bonds. The van der Waals surface area contributed by atoms with Crippen LogP contribution in [0.15, 0.2) is 34.8 Å². The number of aliphatic hydroxyl groups is 2. The third kappa shape index (κ3) is 7.45. The van der Waals surface area contributed by atoms with E-state index in [9.17, 15) is 19.8 Å². The van der Waals surface area contributed by atoms with Gasteiger partial charge in [0.1, 0.15) is 11.9 Å². The highest BCUT2D eigenvalue weighted by Crippen LogP contribution is 2.32. The molecule has 2 rings (SSSR count). The van der Waals surface area contributed by atoms with Crippen molar-refractivity contribution < 1.29 is 24.5 Å². The highest BCUT2D eigenvalue weighted by molar-refractivity contribution is 7.09. The minimum Gasteiger partial charge on any atom is -0.457 e. The van der Waals surface area contributed by atoms with Crippen molar-refractivity contribution >= 4 is 29.2 Å². The average Bonchev–Trinajstić information content (AvgIpc) is 3.18. The average molecular weight is 490 g/mol. The van der Waals surface area contributed by atoms with Gasteiger partial charge in [-0.2, -0.15) is 0 Å². The molecule has 1 aromatic rings. The summed E-state index contributed by atoms with van der Waals surface area (Å²) in [6.45, 7) is 12.6. The summed E-state index contributed by atoms with van der Waals surface area (Å²) in [5.74, 6) is -1.65. The van der Waals surface area contributed by atoms with Crippen molar-refractivity contribution in [1.82, 2.24) is 4.98 Å². The van der Waals surface area contributed by atoms with E-state index < -0.39 is 35.6 Å². The summed E-state index contributed by atoms with van der Waals surface area (Å²) in [5, 5.41) is 24.5. The molecule has 0 bridgehead atoms. The zero-order chi connectivity index (χ0) is 25.6. The van der Waals surface area contributed by atoms with Crippen LogP contribution in [-0.2, 0) is 14.3 Å². The first-order valence-electron chi connectivity index (χ1n) is 11.9. The zero-order valence-corrected chi connectivity index (χ0v) is 22.2. The maximum absolute atomic E-state index is 13.1. The van der Waals surface area contributed by atoms with Gasteiger partial charge >= 0.3 is 5.97 Å². The number of carbonyl (C=O) groups excluding carboxylic acids is 2. The molecule has 7 heteroatoms. The molecule has 1 aliphatic heterocycles. The van der Waals surface area contributed by atoms with Gasteiger partial charge in [0.25, 0.3) is 0 Å². The fourth-order valence-electron chi connectivity index (χ4n) is 4.09. The fraction of sp³-hybridized carbons (Fsp3) is 0.593. The summed E-state index contributed by atoms with van der Waals surface area (Å²) in [4.78, 5) is 30.4. The molecule has 1 aromatic heterocycles. The van der Waals surface area contributed by atoms with E-state index in [4.69, 9.17) is 4.74 Å². The number of hydrogen-bond acceptors (Lipinski definition) is 7. The summed E-state index contributed by atoms with van der Waals surface area (Å²) in [5.41, 5.74) is 1.47. The molecule has 2 heterocycles. The molecule has 0 saturated heterocycles. The number of ketones is 1. The number of nitrogens with zero attached hydrogens (tertiary/aromatic N) is 1. The molecule has 0 aromatic carbocycles. The number of aryl methyl sites for hydroxylation is 1. The molecule has 0 unspecified atom stereocenters. The highest BCUT2D eigenvalue weighted by atomic mass is 32.1. The number of ether oxygens (including phenoxy) is 1. The number of aromatic nitrogens is 1. The fourth-order valence-corrected chi connectivity index (χ4v) is 4.66. The van der Waals surface area contributed by atoms with Gasteiger partial charge in [-0.3, -0.25) is 9.59 Å². The van der Waals surface area contributed by atoms with Gasteiger partial charge in [-0.15, -0.1) is 11.3 Å². The Hall–Kier alpha value is -2.09. The molecular weight excluding hydrogens is 450 g/mol. The molecular formula is C27H39NO5S. The number of esters is 1. The first-order valence-corrected chi connectivity index (χ1v) is 12.7. The van der Waals surface area contributed by atoms with Crippen LogP contribution >= 0.6 is 11.3 Å². The lowest BCUT2D eigenvalue weighted by molar-refractivity contribution is -0.154. The molecule has 2 N–H and O–H groups in total. The smallest absolute Gasteiger partial charge is 0.309 e. The van der Waals surface area contributed by atoms with E-state index in [2.05, 4.69) is 4.98 Å². The Kier molecular flexibility index (Phi) is 9.97. The Balaban J connectivity index is 2.38.